The van der Waals surface area contributed by atoms with Crippen molar-refractivity contribution < 1.29 is 24.2 Å². The van der Waals surface area contributed by atoms with Crippen LogP contribution in [0, 0.1) is 11.8 Å². The van der Waals surface area contributed by atoms with Gasteiger partial charge in [0.1, 0.15) is 11.6 Å². The highest BCUT2D eigenvalue weighted by Crippen LogP contribution is 2.59. The molecule has 8 nitrogen and oxygen atoms in total. The summed E-state index contributed by atoms with van der Waals surface area (Å²) in [6, 6.07) is 18.2. The van der Waals surface area contributed by atoms with E-state index in [0.29, 0.717) is 51.9 Å². The zero-order valence-electron chi connectivity index (χ0n) is 23.4. The molecule has 2 aromatic rings. The average Bonchev–Trinajstić information content (AvgIpc) is 3.63. The molecule has 3 amide bonds. The second-order valence-corrected chi connectivity index (χ2v) is 11.1. The van der Waals surface area contributed by atoms with Gasteiger partial charge in [-0.25, -0.2) is 0 Å². The van der Waals surface area contributed by atoms with Gasteiger partial charge in [0.2, 0.25) is 17.7 Å². The van der Waals surface area contributed by atoms with E-state index in [4.69, 9.17) is 4.74 Å². The van der Waals surface area contributed by atoms with Gasteiger partial charge in [-0.05, 0) is 43.4 Å². The number of rotatable bonds is 13. The Balaban J connectivity index is 1.51. The summed E-state index contributed by atoms with van der Waals surface area (Å²) in [6.45, 7) is 9.01. The second kappa shape index (κ2) is 12.4. The molecule has 5 rings (SSSR count). The van der Waals surface area contributed by atoms with Gasteiger partial charge in [0, 0.05) is 38.5 Å². The maximum Gasteiger partial charge on any atom is 0.248 e. The minimum atomic E-state index is -1.08. The van der Waals surface area contributed by atoms with Crippen LogP contribution in [0.5, 0.6) is 0 Å². The maximum absolute atomic E-state index is 14.4. The van der Waals surface area contributed by atoms with Crippen LogP contribution in [0.2, 0.25) is 0 Å². The molecule has 2 bridgehead atoms. The van der Waals surface area contributed by atoms with Crippen molar-refractivity contribution in [3.63, 3.8) is 0 Å². The third-order valence-electron chi connectivity index (χ3n) is 8.65. The lowest BCUT2D eigenvalue weighted by Crippen LogP contribution is -2.56. The topological polar surface area (TPSA) is 90.4 Å². The lowest BCUT2D eigenvalue weighted by atomic mass is 9.70. The van der Waals surface area contributed by atoms with Crippen LogP contribution in [0.3, 0.4) is 0 Å². The molecule has 3 aliphatic rings. The highest BCUT2D eigenvalue weighted by atomic mass is 16.5. The number of fused-ring (bicyclic) bond motifs is 1. The van der Waals surface area contributed by atoms with Crippen LogP contribution < -0.4 is 4.90 Å². The normalized spacial score (nSPS) is 26.1. The van der Waals surface area contributed by atoms with Crippen LogP contribution in [0.4, 0.5) is 5.69 Å². The fraction of sp³-hybridized carbons (Fsp3) is 0.424. The molecule has 0 aliphatic carbocycles. The molecule has 0 aromatic heterocycles. The molecule has 3 aliphatic heterocycles. The highest BCUT2D eigenvalue weighted by molar-refractivity contribution is 6.03. The largest absolute Gasteiger partial charge is 0.396 e. The Morgan fingerprint density at radius 2 is 1.68 bits per heavy atom. The summed E-state index contributed by atoms with van der Waals surface area (Å²) in [6.07, 6.45) is 5.12. The summed E-state index contributed by atoms with van der Waals surface area (Å²) in [5.74, 6) is -2.05. The molecule has 216 valence electrons. The molecule has 41 heavy (non-hydrogen) atoms. The third-order valence-corrected chi connectivity index (χ3v) is 8.65. The molecule has 0 saturated carbocycles. The van der Waals surface area contributed by atoms with E-state index in [9.17, 15) is 19.5 Å². The zero-order chi connectivity index (χ0) is 29.0. The van der Waals surface area contributed by atoms with Crippen molar-refractivity contribution in [2.45, 2.75) is 50.0 Å². The van der Waals surface area contributed by atoms with Crippen LogP contribution in [-0.2, 0) is 25.7 Å². The molecule has 3 fully saturated rings. The molecule has 2 aromatic carbocycles. The predicted molar refractivity (Wildman–Crippen MR) is 157 cm³/mol. The summed E-state index contributed by atoms with van der Waals surface area (Å²) in [5, 5.41) is 9.43. The number of aliphatic hydroxyl groups excluding tert-OH is 1. The third kappa shape index (κ3) is 5.22. The average molecular weight is 558 g/mol. The lowest BCUT2D eigenvalue weighted by Gasteiger charge is -2.37. The highest BCUT2D eigenvalue weighted by Gasteiger charge is 2.74. The SMILES string of the molecule is C=CCN(Cc1ccccc1)C(=O)C1N(CCCCO)C(=O)[C@@H]2[C@H](C(=O)N(CC=C)c3ccccc3)[C@@H]3CCC12O3. The number of aliphatic hydroxyl groups is 1. The van der Waals surface area contributed by atoms with E-state index in [1.54, 1.807) is 26.9 Å². The van der Waals surface area contributed by atoms with Gasteiger partial charge in [-0.15, -0.1) is 13.2 Å². The molecular weight excluding hydrogens is 518 g/mol. The van der Waals surface area contributed by atoms with Gasteiger partial charge in [-0.1, -0.05) is 60.7 Å². The van der Waals surface area contributed by atoms with Crippen molar-refractivity contribution in [3.05, 3.63) is 91.5 Å². The molecule has 1 spiro atoms. The fourth-order valence-corrected chi connectivity index (χ4v) is 6.95. The number of para-hydroxylation sites is 1. The van der Waals surface area contributed by atoms with Crippen LogP contribution in [0.15, 0.2) is 86.0 Å². The summed E-state index contributed by atoms with van der Waals surface area (Å²) in [4.78, 5) is 47.9. The van der Waals surface area contributed by atoms with E-state index >= 15 is 0 Å². The molecule has 2 unspecified atom stereocenters. The molecular formula is C33H39N3O5. The smallest absolute Gasteiger partial charge is 0.248 e. The van der Waals surface area contributed by atoms with E-state index in [2.05, 4.69) is 13.2 Å². The van der Waals surface area contributed by atoms with Gasteiger partial charge >= 0.3 is 0 Å². The Hall–Kier alpha value is -3.75. The number of ether oxygens (including phenoxy) is 1. The summed E-state index contributed by atoms with van der Waals surface area (Å²) < 4.78 is 6.64. The summed E-state index contributed by atoms with van der Waals surface area (Å²) in [5.41, 5.74) is 0.623. The van der Waals surface area contributed by atoms with E-state index in [1.807, 2.05) is 60.7 Å². The Morgan fingerprint density at radius 3 is 2.34 bits per heavy atom. The van der Waals surface area contributed by atoms with Crippen molar-refractivity contribution in [3.8, 4) is 0 Å². The number of benzene rings is 2. The van der Waals surface area contributed by atoms with Gasteiger partial charge in [0.25, 0.3) is 0 Å². The molecule has 5 atom stereocenters. The zero-order valence-corrected chi connectivity index (χ0v) is 23.4. The number of amides is 3. The summed E-state index contributed by atoms with van der Waals surface area (Å²) in [7, 11) is 0. The van der Waals surface area contributed by atoms with Crippen molar-refractivity contribution in [2.24, 2.45) is 11.8 Å². The number of nitrogens with zero attached hydrogens (tertiary/aromatic N) is 3. The predicted octanol–water partition coefficient (Wildman–Crippen LogP) is 3.57. The first kappa shape index (κ1) is 28.8. The first-order valence-electron chi connectivity index (χ1n) is 14.5. The number of carbonyl (C=O) groups is 3. The van der Waals surface area contributed by atoms with Crippen molar-refractivity contribution in [1.29, 1.82) is 0 Å². The second-order valence-electron chi connectivity index (χ2n) is 11.1. The van der Waals surface area contributed by atoms with Crippen LogP contribution in [-0.4, -0.2) is 76.6 Å². The monoisotopic (exact) mass is 557 g/mol. The first-order chi connectivity index (χ1) is 20.0. The number of hydrogen-bond donors (Lipinski definition) is 1. The standard InChI is InChI=1S/C33H39N3O5/c1-3-19-34(23-24-13-7-5-8-14-24)32(40)29-33-18-17-26(41-33)27(28(33)31(39)36(29)21-11-12-22-37)30(38)35(20-4-2)25-15-9-6-10-16-25/h3-10,13-16,26-29,37H,1-2,11-12,17-23H2/t26-,27+,28-,29?,33?/m0/s1. The summed E-state index contributed by atoms with van der Waals surface area (Å²) >= 11 is 0. The Kier molecular flexibility index (Phi) is 8.71. The number of likely N-dealkylation sites (tertiary alicyclic amines) is 1. The Labute approximate surface area is 241 Å². The van der Waals surface area contributed by atoms with Gasteiger partial charge < -0.3 is 24.5 Å². The molecule has 0 radical (unpaired) electrons. The minimum Gasteiger partial charge on any atom is -0.396 e. The van der Waals surface area contributed by atoms with Gasteiger partial charge in [0.05, 0.1) is 17.9 Å². The van der Waals surface area contributed by atoms with Gasteiger partial charge in [-0.3, -0.25) is 14.4 Å². The quantitative estimate of drug-likeness (QED) is 0.301. The molecule has 3 saturated heterocycles. The van der Waals surface area contributed by atoms with Crippen molar-refractivity contribution in [2.75, 3.05) is 31.1 Å². The van der Waals surface area contributed by atoms with E-state index < -0.39 is 29.6 Å². The number of unbranched alkanes of at least 4 members (excludes halogenated alkanes) is 1. The molecule has 1 N–H and O–H groups in total. The van der Waals surface area contributed by atoms with Gasteiger partial charge in [-0.2, -0.15) is 0 Å². The number of hydrogen-bond acceptors (Lipinski definition) is 5. The minimum absolute atomic E-state index is 0.000908. The maximum atomic E-state index is 14.4. The van der Waals surface area contributed by atoms with Gasteiger partial charge in [0.15, 0.2) is 0 Å². The fourth-order valence-electron chi connectivity index (χ4n) is 6.95. The molecule has 3 heterocycles. The lowest BCUT2D eigenvalue weighted by molar-refractivity contribution is -0.148. The number of anilines is 1. The van der Waals surface area contributed by atoms with Crippen molar-refractivity contribution in [1.82, 2.24) is 9.80 Å². The van der Waals surface area contributed by atoms with Crippen LogP contribution in [0.25, 0.3) is 0 Å². The van der Waals surface area contributed by atoms with E-state index in [-0.39, 0.29) is 24.3 Å². The Morgan fingerprint density at radius 1 is 1.00 bits per heavy atom. The van der Waals surface area contributed by atoms with Crippen LogP contribution >= 0.6 is 0 Å². The molecule has 8 heteroatoms. The first-order valence-corrected chi connectivity index (χ1v) is 14.5. The van der Waals surface area contributed by atoms with Crippen LogP contribution in [0.1, 0.15) is 31.2 Å². The van der Waals surface area contributed by atoms with Crippen molar-refractivity contribution >= 4 is 23.4 Å². The van der Waals surface area contributed by atoms with E-state index in [0.717, 1.165) is 11.3 Å². The number of carbonyl (C=O) groups excluding carboxylic acids is 3. The van der Waals surface area contributed by atoms with E-state index in [1.165, 1.54) is 0 Å². The Bertz CT molecular complexity index is 1270.